The molecule has 20 heavy (non-hydrogen) atoms. The summed E-state index contributed by atoms with van der Waals surface area (Å²) in [6.45, 7) is 0. The van der Waals surface area contributed by atoms with Crippen LogP contribution in [0.1, 0.15) is 5.56 Å². The van der Waals surface area contributed by atoms with Gasteiger partial charge in [0.25, 0.3) is 0 Å². The van der Waals surface area contributed by atoms with Gasteiger partial charge in [0.15, 0.2) is 0 Å². The summed E-state index contributed by atoms with van der Waals surface area (Å²) in [4.78, 5) is 0. The van der Waals surface area contributed by atoms with E-state index in [2.05, 4.69) is 0 Å². The zero-order valence-corrected chi connectivity index (χ0v) is 11.1. The number of halogens is 4. The molecular weight excluding hydrogens is 293 g/mol. The zero-order valence-electron chi connectivity index (χ0n) is 10.3. The highest BCUT2D eigenvalue weighted by atomic mass is 35.5. The van der Waals surface area contributed by atoms with Gasteiger partial charge in [-0.3, -0.25) is 0 Å². The second-order valence-electron chi connectivity index (χ2n) is 4.08. The molecule has 1 N–H and O–H groups in total. The number of rotatable bonds is 2. The first-order valence-electron chi connectivity index (χ1n) is 5.57. The van der Waals surface area contributed by atoms with Gasteiger partial charge in [0.1, 0.15) is 11.5 Å². The number of hydrogen-bond donors (Lipinski definition) is 1. The van der Waals surface area contributed by atoms with Gasteiger partial charge in [0, 0.05) is 0 Å². The molecule has 0 saturated carbocycles. The van der Waals surface area contributed by atoms with Crippen LogP contribution >= 0.6 is 11.6 Å². The minimum absolute atomic E-state index is 0.0758. The summed E-state index contributed by atoms with van der Waals surface area (Å²) >= 11 is 5.76. The number of aromatic hydroxyl groups is 1. The highest BCUT2D eigenvalue weighted by Crippen LogP contribution is 2.39. The van der Waals surface area contributed by atoms with Crippen molar-refractivity contribution in [1.82, 2.24) is 0 Å². The van der Waals surface area contributed by atoms with Gasteiger partial charge in [-0.25, -0.2) is 0 Å². The van der Waals surface area contributed by atoms with Crippen LogP contribution in [0.25, 0.3) is 11.1 Å². The summed E-state index contributed by atoms with van der Waals surface area (Å²) < 4.78 is 43.5. The Morgan fingerprint density at radius 3 is 2.20 bits per heavy atom. The van der Waals surface area contributed by atoms with E-state index >= 15 is 0 Å². The van der Waals surface area contributed by atoms with E-state index < -0.39 is 11.7 Å². The molecule has 2 aromatic carbocycles. The van der Waals surface area contributed by atoms with E-state index in [1.54, 1.807) is 0 Å². The molecule has 0 aromatic heterocycles. The fourth-order valence-electron chi connectivity index (χ4n) is 1.80. The monoisotopic (exact) mass is 302 g/mol. The Morgan fingerprint density at radius 2 is 1.65 bits per heavy atom. The molecule has 0 atom stereocenters. The van der Waals surface area contributed by atoms with E-state index in [1.807, 2.05) is 0 Å². The third kappa shape index (κ3) is 2.82. The molecule has 0 saturated heterocycles. The van der Waals surface area contributed by atoms with E-state index in [9.17, 15) is 18.3 Å². The molecule has 2 nitrogen and oxygen atoms in total. The molecule has 0 amide bonds. The lowest BCUT2D eigenvalue weighted by Gasteiger charge is -2.13. The summed E-state index contributed by atoms with van der Waals surface area (Å²) in [5, 5.41) is 9.40. The molecule has 2 rings (SSSR count). The largest absolute Gasteiger partial charge is 0.506 e. The molecular formula is C14H10ClF3O2. The summed E-state index contributed by atoms with van der Waals surface area (Å²) in [6, 6.07) is 7.95. The van der Waals surface area contributed by atoms with Crippen LogP contribution in [0.5, 0.6) is 11.5 Å². The number of ether oxygens (including phenoxy) is 1. The zero-order chi connectivity index (χ0) is 14.9. The smallest absolute Gasteiger partial charge is 0.419 e. The maximum absolute atomic E-state index is 12.9. The van der Waals surface area contributed by atoms with Gasteiger partial charge in [-0.2, -0.15) is 13.2 Å². The maximum atomic E-state index is 12.9. The van der Waals surface area contributed by atoms with E-state index in [1.165, 1.54) is 37.4 Å². The molecule has 0 spiro atoms. The quantitative estimate of drug-likeness (QED) is 0.868. The lowest BCUT2D eigenvalue weighted by molar-refractivity contribution is -0.138. The lowest BCUT2D eigenvalue weighted by Crippen LogP contribution is -2.07. The van der Waals surface area contributed by atoms with Crippen molar-refractivity contribution in [3.63, 3.8) is 0 Å². The Kier molecular flexibility index (Phi) is 3.81. The van der Waals surface area contributed by atoms with Gasteiger partial charge in [-0.1, -0.05) is 23.7 Å². The highest BCUT2D eigenvalue weighted by molar-refractivity contribution is 6.32. The van der Waals surface area contributed by atoms with Gasteiger partial charge in [-0.05, 0) is 35.4 Å². The van der Waals surface area contributed by atoms with Crippen molar-refractivity contribution in [2.24, 2.45) is 0 Å². The van der Waals surface area contributed by atoms with Gasteiger partial charge in [0.2, 0.25) is 0 Å². The minimum Gasteiger partial charge on any atom is -0.506 e. The molecule has 0 aliphatic heterocycles. The third-order valence-corrected chi connectivity index (χ3v) is 3.09. The van der Waals surface area contributed by atoms with Gasteiger partial charge in [0.05, 0.1) is 17.7 Å². The van der Waals surface area contributed by atoms with Crippen molar-refractivity contribution < 1.29 is 23.0 Å². The molecule has 0 unspecified atom stereocenters. The molecule has 106 valence electrons. The summed E-state index contributed by atoms with van der Waals surface area (Å²) in [5.41, 5.74) is -0.0531. The predicted molar refractivity (Wildman–Crippen MR) is 70.1 cm³/mol. The number of alkyl halides is 3. The van der Waals surface area contributed by atoms with Crippen molar-refractivity contribution in [2.45, 2.75) is 6.18 Å². The molecule has 0 fully saturated rings. The Balaban J connectivity index is 2.55. The van der Waals surface area contributed by atoms with Crippen LogP contribution in [-0.2, 0) is 6.18 Å². The van der Waals surface area contributed by atoms with Crippen LogP contribution in [0.2, 0.25) is 5.02 Å². The second-order valence-corrected chi connectivity index (χ2v) is 4.49. The van der Waals surface area contributed by atoms with Crippen molar-refractivity contribution in [2.75, 3.05) is 7.11 Å². The standard InChI is InChI=1S/C14H10ClF3O2/c1-20-13-5-3-8(6-10(13)14(16,17)18)9-2-4-12(19)11(15)7-9/h2-7,19H,1H3. The van der Waals surface area contributed by atoms with Crippen molar-refractivity contribution in [3.05, 3.63) is 47.0 Å². The molecule has 0 aliphatic rings. The maximum Gasteiger partial charge on any atom is 0.419 e. The van der Waals surface area contributed by atoms with Gasteiger partial charge in [-0.15, -0.1) is 0 Å². The predicted octanol–water partition coefficient (Wildman–Crippen LogP) is 4.74. The summed E-state index contributed by atoms with van der Waals surface area (Å²) in [6.07, 6.45) is -4.51. The highest BCUT2D eigenvalue weighted by Gasteiger charge is 2.34. The van der Waals surface area contributed by atoms with Crippen molar-refractivity contribution in [3.8, 4) is 22.6 Å². The topological polar surface area (TPSA) is 29.5 Å². The second kappa shape index (κ2) is 5.25. The number of phenols is 1. The molecule has 0 heterocycles. The molecule has 6 heteroatoms. The lowest BCUT2D eigenvalue weighted by atomic mass is 10.0. The fraction of sp³-hybridized carbons (Fsp3) is 0.143. The molecule has 2 aromatic rings. The van der Waals surface area contributed by atoms with Crippen LogP contribution in [0.15, 0.2) is 36.4 Å². The minimum atomic E-state index is -4.51. The van der Waals surface area contributed by atoms with Gasteiger partial charge >= 0.3 is 6.18 Å². The SMILES string of the molecule is COc1ccc(-c2ccc(O)c(Cl)c2)cc1C(F)(F)F. The average Bonchev–Trinajstić information content (AvgIpc) is 2.40. The molecule has 0 aliphatic carbocycles. The van der Waals surface area contributed by atoms with E-state index in [4.69, 9.17) is 16.3 Å². The number of methoxy groups -OCH3 is 1. The Labute approximate surface area is 118 Å². The Morgan fingerprint density at radius 1 is 1.05 bits per heavy atom. The number of hydrogen-bond acceptors (Lipinski definition) is 2. The van der Waals surface area contributed by atoms with Crippen LogP contribution in [0.3, 0.4) is 0 Å². The van der Waals surface area contributed by atoms with Crippen LogP contribution in [-0.4, -0.2) is 12.2 Å². The van der Waals surface area contributed by atoms with Crippen LogP contribution < -0.4 is 4.74 Å². The molecule has 0 radical (unpaired) electrons. The van der Waals surface area contributed by atoms with Crippen LogP contribution in [0.4, 0.5) is 13.2 Å². The normalized spacial score (nSPS) is 11.4. The first-order valence-corrected chi connectivity index (χ1v) is 5.95. The Hall–Kier alpha value is -1.88. The summed E-state index contributed by atoms with van der Waals surface area (Å²) in [5.74, 6) is -0.369. The van der Waals surface area contributed by atoms with E-state index in [0.717, 1.165) is 6.07 Å². The van der Waals surface area contributed by atoms with E-state index in [0.29, 0.717) is 11.1 Å². The summed E-state index contributed by atoms with van der Waals surface area (Å²) in [7, 11) is 1.18. The first-order chi connectivity index (χ1) is 9.32. The number of phenolic OH excluding ortho intramolecular Hbond substituents is 1. The fourth-order valence-corrected chi connectivity index (χ4v) is 1.98. The molecule has 0 bridgehead atoms. The van der Waals surface area contributed by atoms with E-state index in [-0.39, 0.29) is 16.5 Å². The van der Waals surface area contributed by atoms with Crippen molar-refractivity contribution >= 4 is 11.6 Å². The number of benzene rings is 2. The average molecular weight is 303 g/mol. The van der Waals surface area contributed by atoms with Crippen LogP contribution in [0, 0.1) is 0 Å². The Bertz CT molecular complexity index is 639. The van der Waals surface area contributed by atoms with Crippen molar-refractivity contribution in [1.29, 1.82) is 0 Å². The third-order valence-electron chi connectivity index (χ3n) is 2.79. The first kappa shape index (κ1) is 14.5. The van der Waals surface area contributed by atoms with Gasteiger partial charge < -0.3 is 9.84 Å².